The molecular weight excluding hydrogens is 215 g/mol. The first-order chi connectivity index (χ1) is 7.37. The molecule has 0 aliphatic heterocycles. The summed E-state index contributed by atoms with van der Waals surface area (Å²) in [6.07, 6.45) is -2.53. The second kappa shape index (κ2) is 3.48. The molecule has 0 spiro atoms. The molecule has 1 aliphatic carbocycles. The molecule has 0 unspecified atom stereocenters. The van der Waals surface area contributed by atoms with Crippen LogP contribution in [0.15, 0.2) is 24.3 Å². The fraction of sp³-hybridized carbons (Fsp3) is 0.500. The lowest BCUT2D eigenvalue weighted by molar-refractivity contribution is -0.137. The third-order valence-corrected chi connectivity index (χ3v) is 3.42. The minimum Gasteiger partial charge on any atom is -0.325 e. The summed E-state index contributed by atoms with van der Waals surface area (Å²) in [5, 5.41) is 0. The molecule has 1 aromatic carbocycles. The molecule has 2 rings (SSSR count). The summed E-state index contributed by atoms with van der Waals surface area (Å²) in [5.41, 5.74) is 6.14. The van der Waals surface area contributed by atoms with E-state index in [4.69, 9.17) is 5.73 Å². The normalized spacial score (nSPS) is 29.2. The number of rotatable bonds is 2. The molecule has 88 valence electrons. The van der Waals surface area contributed by atoms with Crippen molar-refractivity contribution in [1.29, 1.82) is 0 Å². The minimum absolute atomic E-state index is 0.195. The first kappa shape index (κ1) is 11.5. The predicted octanol–water partition coefficient (Wildman–Crippen LogP) is 3.30. The van der Waals surface area contributed by atoms with Gasteiger partial charge >= 0.3 is 6.18 Å². The maximum atomic E-state index is 12.3. The van der Waals surface area contributed by atoms with Crippen molar-refractivity contribution in [1.82, 2.24) is 0 Å². The van der Waals surface area contributed by atoms with E-state index in [0.717, 1.165) is 30.5 Å². The van der Waals surface area contributed by atoms with Crippen molar-refractivity contribution in [3.63, 3.8) is 0 Å². The van der Waals surface area contributed by atoms with Crippen LogP contribution in [-0.4, -0.2) is 5.54 Å². The molecule has 1 fully saturated rings. The van der Waals surface area contributed by atoms with Gasteiger partial charge in [-0.3, -0.25) is 0 Å². The highest BCUT2D eigenvalue weighted by atomic mass is 19.4. The van der Waals surface area contributed by atoms with Gasteiger partial charge in [0, 0.05) is 11.5 Å². The average Bonchev–Trinajstić information content (AvgIpc) is 2.91. The van der Waals surface area contributed by atoms with Gasteiger partial charge < -0.3 is 5.73 Å². The molecule has 0 aromatic heterocycles. The van der Waals surface area contributed by atoms with Gasteiger partial charge in [-0.05, 0) is 30.5 Å². The molecule has 4 heteroatoms. The molecule has 16 heavy (non-hydrogen) atoms. The molecule has 0 radical (unpaired) electrons. The van der Waals surface area contributed by atoms with E-state index in [1.54, 1.807) is 0 Å². The van der Waals surface area contributed by atoms with Crippen LogP contribution in [0.3, 0.4) is 0 Å². The largest absolute Gasteiger partial charge is 0.416 e. The lowest BCUT2D eigenvalue weighted by atomic mass is 10.0. The van der Waals surface area contributed by atoms with Crippen molar-refractivity contribution < 1.29 is 13.2 Å². The van der Waals surface area contributed by atoms with E-state index in [1.165, 1.54) is 12.1 Å². The summed E-state index contributed by atoms with van der Waals surface area (Å²) in [6.45, 7) is 2.00. The van der Waals surface area contributed by atoms with Crippen molar-refractivity contribution in [3.05, 3.63) is 35.4 Å². The highest BCUT2D eigenvalue weighted by molar-refractivity contribution is 5.35. The van der Waals surface area contributed by atoms with Crippen LogP contribution in [0, 0.1) is 0 Å². The van der Waals surface area contributed by atoms with Crippen molar-refractivity contribution in [3.8, 4) is 0 Å². The van der Waals surface area contributed by atoms with Crippen LogP contribution in [0.4, 0.5) is 13.2 Å². The van der Waals surface area contributed by atoms with Gasteiger partial charge in [-0.25, -0.2) is 0 Å². The fourth-order valence-electron chi connectivity index (χ4n) is 2.07. The quantitative estimate of drug-likeness (QED) is 0.827. The van der Waals surface area contributed by atoms with Crippen LogP contribution in [0.2, 0.25) is 0 Å². The summed E-state index contributed by atoms with van der Waals surface area (Å²) < 4.78 is 37.0. The molecule has 0 bridgehead atoms. The molecule has 1 aromatic rings. The molecule has 1 saturated carbocycles. The van der Waals surface area contributed by atoms with E-state index >= 15 is 0 Å². The Morgan fingerprint density at radius 1 is 1.31 bits per heavy atom. The van der Waals surface area contributed by atoms with Gasteiger partial charge in [-0.2, -0.15) is 13.2 Å². The average molecular weight is 229 g/mol. The lowest BCUT2D eigenvalue weighted by Crippen LogP contribution is -2.22. The SMILES string of the molecule is CC[C@@]1(N)C[C@H]1c1ccc(C(F)(F)F)cc1. The zero-order chi connectivity index (χ0) is 12.0. The summed E-state index contributed by atoms with van der Waals surface area (Å²) in [4.78, 5) is 0. The summed E-state index contributed by atoms with van der Waals surface area (Å²) >= 11 is 0. The van der Waals surface area contributed by atoms with Crippen LogP contribution in [0.1, 0.15) is 36.8 Å². The zero-order valence-electron chi connectivity index (χ0n) is 9.01. The van der Waals surface area contributed by atoms with Gasteiger partial charge in [0.2, 0.25) is 0 Å². The molecular formula is C12H14F3N. The van der Waals surface area contributed by atoms with Crippen molar-refractivity contribution in [2.75, 3.05) is 0 Å². The standard InChI is InChI=1S/C12H14F3N/c1-2-11(16)7-10(11)8-3-5-9(6-4-8)12(13,14)15/h3-6,10H,2,7,16H2,1H3/t10-,11+/m0/s1. The molecule has 0 amide bonds. The Morgan fingerprint density at radius 3 is 2.25 bits per heavy atom. The number of hydrogen-bond acceptors (Lipinski definition) is 1. The van der Waals surface area contributed by atoms with Gasteiger partial charge in [0.1, 0.15) is 0 Å². The predicted molar refractivity (Wildman–Crippen MR) is 56.0 cm³/mol. The molecule has 1 aliphatic rings. The van der Waals surface area contributed by atoms with Crippen molar-refractivity contribution in [2.24, 2.45) is 5.73 Å². The lowest BCUT2D eigenvalue weighted by Gasteiger charge is -2.10. The number of benzene rings is 1. The number of halogens is 3. The van der Waals surface area contributed by atoms with Gasteiger partial charge in [-0.1, -0.05) is 19.1 Å². The molecule has 1 nitrogen and oxygen atoms in total. The monoisotopic (exact) mass is 229 g/mol. The smallest absolute Gasteiger partial charge is 0.325 e. The van der Waals surface area contributed by atoms with E-state index < -0.39 is 11.7 Å². The van der Waals surface area contributed by atoms with Crippen molar-refractivity contribution in [2.45, 2.75) is 37.4 Å². The van der Waals surface area contributed by atoms with Crippen molar-refractivity contribution >= 4 is 0 Å². The first-order valence-electron chi connectivity index (χ1n) is 5.33. The van der Waals surface area contributed by atoms with E-state index in [2.05, 4.69) is 0 Å². The van der Waals surface area contributed by atoms with Gasteiger partial charge in [0.25, 0.3) is 0 Å². The topological polar surface area (TPSA) is 26.0 Å². The summed E-state index contributed by atoms with van der Waals surface area (Å²) in [6, 6.07) is 5.34. The fourth-order valence-corrected chi connectivity index (χ4v) is 2.07. The van der Waals surface area contributed by atoms with Gasteiger partial charge in [0.15, 0.2) is 0 Å². The highest BCUT2D eigenvalue weighted by Gasteiger charge is 2.50. The maximum Gasteiger partial charge on any atom is 0.416 e. The molecule has 2 N–H and O–H groups in total. The molecule has 0 saturated heterocycles. The Kier molecular flexibility index (Phi) is 2.49. The zero-order valence-corrected chi connectivity index (χ0v) is 9.01. The minimum atomic E-state index is -4.26. The highest BCUT2D eigenvalue weighted by Crippen LogP contribution is 2.51. The second-order valence-electron chi connectivity index (χ2n) is 4.46. The van der Waals surface area contributed by atoms with Crippen LogP contribution in [-0.2, 0) is 6.18 Å². The Labute approximate surface area is 92.5 Å². The number of alkyl halides is 3. The number of nitrogens with two attached hydrogens (primary N) is 1. The first-order valence-corrected chi connectivity index (χ1v) is 5.33. The Morgan fingerprint density at radius 2 is 1.88 bits per heavy atom. The summed E-state index contributed by atoms with van der Waals surface area (Å²) in [5.74, 6) is 0.222. The van der Waals surface area contributed by atoms with Gasteiger partial charge in [0.05, 0.1) is 5.56 Å². The third-order valence-electron chi connectivity index (χ3n) is 3.42. The third kappa shape index (κ3) is 1.94. The van der Waals surface area contributed by atoms with Gasteiger partial charge in [-0.15, -0.1) is 0 Å². The summed E-state index contributed by atoms with van der Waals surface area (Å²) in [7, 11) is 0. The van der Waals surface area contributed by atoms with E-state index in [0.29, 0.717) is 0 Å². The Hall–Kier alpha value is -1.03. The van der Waals surface area contributed by atoms with Crippen LogP contribution in [0.5, 0.6) is 0 Å². The Bertz CT molecular complexity index is 382. The maximum absolute atomic E-state index is 12.3. The van der Waals surface area contributed by atoms with E-state index in [-0.39, 0.29) is 11.5 Å². The molecule has 2 atom stereocenters. The van der Waals surface area contributed by atoms with Crippen LogP contribution < -0.4 is 5.73 Å². The van der Waals surface area contributed by atoms with E-state index in [1.807, 2.05) is 6.92 Å². The van der Waals surface area contributed by atoms with E-state index in [9.17, 15) is 13.2 Å². The Balaban J connectivity index is 2.16. The number of hydrogen-bond donors (Lipinski definition) is 1. The molecule has 0 heterocycles. The van der Waals surface area contributed by atoms with Crippen LogP contribution >= 0.6 is 0 Å². The second-order valence-corrected chi connectivity index (χ2v) is 4.46. The van der Waals surface area contributed by atoms with Crippen LogP contribution in [0.25, 0.3) is 0 Å².